The largest absolute Gasteiger partial charge is 0.490 e. The van der Waals surface area contributed by atoms with E-state index in [0.717, 1.165) is 59.8 Å². The maximum absolute atomic E-state index is 14.4. The molecular formula is C55H58ClN9O7S2. The number of aliphatic imine (C=N–C) groups is 1. The molecule has 5 atom stereocenters. The quantitative estimate of drug-likeness (QED) is 0.0862. The van der Waals surface area contributed by atoms with E-state index in [9.17, 15) is 24.3 Å². The van der Waals surface area contributed by atoms with Gasteiger partial charge in [0.2, 0.25) is 17.7 Å². The van der Waals surface area contributed by atoms with E-state index >= 15 is 0 Å². The summed E-state index contributed by atoms with van der Waals surface area (Å²) in [4.78, 5) is 69.0. The molecule has 2 aliphatic heterocycles. The van der Waals surface area contributed by atoms with Crippen LogP contribution in [-0.2, 0) is 14.4 Å². The molecule has 74 heavy (non-hydrogen) atoms. The number of carbonyl (C=O) groups is 4. The summed E-state index contributed by atoms with van der Waals surface area (Å²) >= 11 is 9.51. The zero-order chi connectivity index (χ0) is 52.3. The summed E-state index contributed by atoms with van der Waals surface area (Å²) in [6.07, 6.45) is 0.255. The predicted octanol–water partition coefficient (Wildman–Crippen LogP) is 9.08. The molecule has 7 aromatic rings. The van der Waals surface area contributed by atoms with Crippen molar-refractivity contribution in [1.29, 1.82) is 0 Å². The minimum absolute atomic E-state index is 0.000667. The fourth-order valence-corrected chi connectivity index (χ4v) is 12.1. The van der Waals surface area contributed by atoms with Crippen LogP contribution in [0.4, 0.5) is 0 Å². The van der Waals surface area contributed by atoms with Gasteiger partial charge in [-0.25, -0.2) is 4.98 Å². The topological polar surface area (TPSA) is 206 Å². The molecule has 2 fully saturated rings. The number of benzene rings is 3. The first-order valence-corrected chi connectivity index (χ1v) is 26.8. The number of thiophene rings is 1. The van der Waals surface area contributed by atoms with Gasteiger partial charge < -0.3 is 35.1 Å². The molecule has 4 aromatic heterocycles. The molecule has 0 spiro atoms. The van der Waals surface area contributed by atoms with Gasteiger partial charge in [0.15, 0.2) is 11.6 Å². The van der Waals surface area contributed by atoms with E-state index in [1.807, 2.05) is 100 Å². The first-order chi connectivity index (χ1) is 35.3. The summed E-state index contributed by atoms with van der Waals surface area (Å²) in [5, 5.41) is 31.1. The second kappa shape index (κ2) is 20.2. The number of amides is 4. The van der Waals surface area contributed by atoms with Crippen LogP contribution in [0, 0.1) is 33.1 Å². The zero-order valence-electron chi connectivity index (χ0n) is 42.4. The van der Waals surface area contributed by atoms with Crippen molar-refractivity contribution in [1.82, 2.24) is 40.6 Å². The van der Waals surface area contributed by atoms with Gasteiger partial charge in [0, 0.05) is 58.3 Å². The third kappa shape index (κ3) is 10.1. The number of rotatable bonds is 13. The van der Waals surface area contributed by atoms with Crippen LogP contribution in [0.15, 0.2) is 87.7 Å². The number of furan rings is 1. The van der Waals surface area contributed by atoms with Crippen LogP contribution >= 0.6 is 34.3 Å². The standard InChI is InChI=1S/C55H58ClN9O7S2/c1-27-30(4)74-54-46(27)47(33-13-15-36(56)16-14-33)60-41(50-63-62-31(5)65(50)54)24-45(67)59-37-21-40(22-37)71-39-17-18-43-35(19-39)20-44(72-43)52(69)61-49(55(6,7)8)53(70)64-25-38(66)23-42(64)51(68)58-28(2)32-9-11-34(12-10-32)48-29(3)57-26-73-48/h9-20,26,28,37-38,40-42,49,66H,21-25H2,1-8H3,(H,58,68)(H,59,67)(H,61,69)/t28-,37?,38+,40?,41-,42-,49+/m0/s1. The van der Waals surface area contributed by atoms with Gasteiger partial charge in [-0.15, -0.1) is 32.9 Å². The van der Waals surface area contributed by atoms with Crippen molar-refractivity contribution < 1.29 is 33.4 Å². The van der Waals surface area contributed by atoms with E-state index in [1.54, 1.807) is 46.9 Å². The number of aliphatic hydroxyl groups is 1. The molecule has 10 rings (SSSR count). The second-order valence-electron chi connectivity index (χ2n) is 20.7. The SMILES string of the molecule is Cc1ncsc1-c1ccc([C@H](C)NC(=O)[C@@H]2C[C@@H](O)CN2C(=O)[C@@H](NC(=O)c2cc3cc(OC4CC(NC(=O)C[C@@H]5N=C(c6ccc(Cl)cc6)c6c(sc(C)c6C)-n6c(C)nnc65)C4)ccc3o2)C(C)(C)C)cc1. The molecule has 19 heteroatoms. The van der Waals surface area contributed by atoms with Crippen molar-refractivity contribution in [3.63, 3.8) is 0 Å². The van der Waals surface area contributed by atoms with E-state index < -0.39 is 47.4 Å². The Morgan fingerprint density at radius 3 is 2.36 bits per heavy atom. The highest BCUT2D eigenvalue weighted by Crippen LogP contribution is 2.40. The average molecular weight is 1060 g/mol. The fourth-order valence-electron chi connectivity index (χ4n) is 9.99. The lowest BCUT2D eigenvalue weighted by Gasteiger charge is -2.36. The predicted molar refractivity (Wildman–Crippen MR) is 285 cm³/mol. The van der Waals surface area contributed by atoms with Crippen LogP contribution in [0.25, 0.3) is 26.4 Å². The first-order valence-electron chi connectivity index (χ1n) is 24.8. The molecule has 0 bridgehead atoms. The maximum Gasteiger partial charge on any atom is 0.287 e. The lowest BCUT2D eigenvalue weighted by Crippen LogP contribution is -2.57. The molecular weight excluding hydrogens is 998 g/mol. The van der Waals surface area contributed by atoms with Crippen LogP contribution < -0.4 is 20.7 Å². The molecule has 384 valence electrons. The van der Waals surface area contributed by atoms with Crippen LogP contribution in [0.5, 0.6) is 5.75 Å². The smallest absolute Gasteiger partial charge is 0.287 e. The Morgan fingerprint density at radius 2 is 1.66 bits per heavy atom. The summed E-state index contributed by atoms with van der Waals surface area (Å²) < 4.78 is 14.4. The molecule has 4 amide bonds. The molecule has 0 unspecified atom stereocenters. The Morgan fingerprint density at radius 1 is 0.932 bits per heavy atom. The lowest BCUT2D eigenvalue weighted by molar-refractivity contribution is -0.142. The highest BCUT2D eigenvalue weighted by molar-refractivity contribution is 7.15. The van der Waals surface area contributed by atoms with Gasteiger partial charge in [-0.3, -0.25) is 28.7 Å². The van der Waals surface area contributed by atoms with Crippen molar-refractivity contribution in [2.45, 2.75) is 123 Å². The van der Waals surface area contributed by atoms with E-state index in [2.05, 4.69) is 45.0 Å². The van der Waals surface area contributed by atoms with E-state index in [1.165, 1.54) is 4.90 Å². The number of carbonyl (C=O) groups excluding carboxylic acids is 4. The molecule has 3 aliphatic rings. The van der Waals surface area contributed by atoms with Crippen LogP contribution in [0.2, 0.25) is 5.02 Å². The van der Waals surface area contributed by atoms with Gasteiger partial charge in [0.05, 0.1) is 40.4 Å². The number of hydrogen-bond acceptors (Lipinski definition) is 13. The monoisotopic (exact) mass is 1060 g/mol. The minimum atomic E-state index is -1.06. The molecule has 4 N–H and O–H groups in total. The number of fused-ring (bicyclic) bond motifs is 4. The van der Waals surface area contributed by atoms with Crippen molar-refractivity contribution in [3.8, 4) is 21.2 Å². The third-order valence-corrected chi connectivity index (χ3v) is 16.7. The Balaban J connectivity index is 0.754. The molecule has 1 aliphatic carbocycles. The van der Waals surface area contributed by atoms with E-state index in [4.69, 9.17) is 25.7 Å². The van der Waals surface area contributed by atoms with Gasteiger partial charge in [0.1, 0.15) is 46.4 Å². The molecule has 1 saturated carbocycles. The highest BCUT2D eigenvalue weighted by atomic mass is 35.5. The number of halogens is 1. The van der Waals surface area contributed by atoms with E-state index in [-0.39, 0.29) is 49.2 Å². The first kappa shape index (κ1) is 50.8. The summed E-state index contributed by atoms with van der Waals surface area (Å²) in [7, 11) is 0. The number of nitrogens with zero attached hydrogens (tertiary/aromatic N) is 6. The highest BCUT2D eigenvalue weighted by Gasteiger charge is 2.45. The van der Waals surface area contributed by atoms with Crippen molar-refractivity contribution in [2.75, 3.05) is 6.54 Å². The summed E-state index contributed by atoms with van der Waals surface area (Å²) in [5.74, 6) is 0.276. The Bertz CT molecular complexity index is 3330. The van der Waals surface area contributed by atoms with Gasteiger partial charge in [0.25, 0.3) is 5.91 Å². The van der Waals surface area contributed by atoms with Crippen LogP contribution in [0.3, 0.4) is 0 Å². The van der Waals surface area contributed by atoms with Crippen molar-refractivity contribution >= 4 is 74.6 Å². The molecule has 16 nitrogen and oxygen atoms in total. The number of β-amino-alcohol motifs (C(OH)–C–C–N with tert-alkyl or cyclic N) is 1. The number of ether oxygens (including phenoxy) is 1. The Labute approximate surface area is 441 Å². The van der Waals surface area contributed by atoms with E-state index in [0.29, 0.717) is 40.4 Å². The number of aryl methyl sites for hydroxylation is 3. The minimum Gasteiger partial charge on any atom is -0.490 e. The molecule has 0 radical (unpaired) electrons. The summed E-state index contributed by atoms with van der Waals surface area (Å²) in [5.41, 5.74) is 8.16. The number of aromatic nitrogens is 4. The molecule has 6 heterocycles. The van der Waals surface area contributed by atoms with Gasteiger partial charge >= 0.3 is 0 Å². The number of aliphatic hydroxyl groups excluding tert-OH is 1. The van der Waals surface area contributed by atoms with Gasteiger partial charge in [-0.1, -0.05) is 68.8 Å². The fraction of sp³-hybridized carbons (Fsp3) is 0.382. The Kier molecular flexibility index (Phi) is 13.9. The maximum atomic E-state index is 14.4. The van der Waals surface area contributed by atoms with Gasteiger partial charge in [-0.2, -0.15) is 0 Å². The average Bonchev–Trinajstić information content (AvgIpc) is 4.19. The third-order valence-electron chi connectivity index (χ3n) is 14.2. The zero-order valence-corrected chi connectivity index (χ0v) is 44.7. The van der Waals surface area contributed by atoms with Crippen LogP contribution in [-0.4, -0.2) is 96.0 Å². The number of nitrogens with one attached hydrogen (secondary N) is 3. The van der Waals surface area contributed by atoms with Crippen molar-refractivity contribution in [2.24, 2.45) is 10.4 Å². The second-order valence-corrected chi connectivity index (χ2v) is 23.2. The number of hydrogen-bond donors (Lipinski definition) is 4. The van der Waals surface area contributed by atoms with Crippen LogP contribution in [0.1, 0.15) is 120 Å². The molecule has 3 aromatic carbocycles. The lowest BCUT2D eigenvalue weighted by atomic mass is 9.85. The van der Waals surface area contributed by atoms with Gasteiger partial charge in [-0.05, 0) is 93.1 Å². The van der Waals surface area contributed by atoms with Crippen molar-refractivity contribution in [3.05, 3.63) is 134 Å². The molecule has 1 saturated heterocycles. The normalized spacial score (nSPS) is 20.2. The summed E-state index contributed by atoms with van der Waals surface area (Å²) in [6.45, 7) is 15.4. The Hall–Kier alpha value is -6.73. The number of thiazole rings is 1. The number of likely N-dealkylation sites (tertiary alicyclic amines) is 1. The summed E-state index contributed by atoms with van der Waals surface area (Å²) in [6, 6.07) is 19.3.